The normalized spacial score (nSPS) is 15.4. The van der Waals surface area contributed by atoms with Crippen molar-refractivity contribution in [3.63, 3.8) is 0 Å². The Morgan fingerprint density at radius 2 is 1.93 bits per heavy atom. The minimum Gasteiger partial charge on any atom is -0.468 e. The fourth-order valence-electron chi connectivity index (χ4n) is 3.35. The summed E-state index contributed by atoms with van der Waals surface area (Å²) in [5.41, 5.74) is -0.0567. The van der Waals surface area contributed by atoms with Crippen LogP contribution in [0.1, 0.15) is 19.8 Å². The lowest BCUT2D eigenvalue weighted by atomic mass is 10.3. The average molecular weight is 378 g/mol. The highest BCUT2D eigenvalue weighted by atomic mass is 16.5. The molecule has 0 aromatic carbocycles. The van der Waals surface area contributed by atoms with Gasteiger partial charge in [0, 0.05) is 39.8 Å². The van der Waals surface area contributed by atoms with Crippen molar-refractivity contribution in [1.29, 1.82) is 0 Å². The first kappa shape index (κ1) is 19.2. The summed E-state index contributed by atoms with van der Waals surface area (Å²) in [4.78, 5) is 47.0. The molecule has 1 aliphatic heterocycles. The van der Waals surface area contributed by atoms with Crippen LogP contribution in [0.3, 0.4) is 0 Å². The monoisotopic (exact) mass is 378 g/mol. The van der Waals surface area contributed by atoms with E-state index in [4.69, 9.17) is 4.74 Å². The molecule has 0 spiro atoms. The Bertz CT molecular complexity index is 935. The Labute approximate surface area is 156 Å². The van der Waals surface area contributed by atoms with Crippen molar-refractivity contribution in [3.8, 4) is 0 Å². The molecule has 2 aromatic rings. The lowest BCUT2D eigenvalue weighted by molar-refractivity contribution is -0.142. The van der Waals surface area contributed by atoms with Gasteiger partial charge in [0.15, 0.2) is 11.2 Å². The summed E-state index contributed by atoms with van der Waals surface area (Å²) in [5, 5.41) is 0. The third kappa shape index (κ3) is 3.75. The molecule has 148 valence electrons. The maximum absolute atomic E-state index is 12.4. The molecule has 10 heteroatoms. The molecule has 0 aliphatic carbocycles. The number of piperazine rings is 1. The molecule has 0 saturated carbocycles. The van der Waals surface area contributed by atoms with Crippen molar-refractivity contribution in [3.05, 3.63) is 20.8 Å². The fraction of sp³-hybridized carbons (Fsp3) is 0.647. The maximum Gasteiger partial charge on any atom is 0.329 e. The van der Waals surface area contributed by atoms with Crippen LogP contribution < -0.4 is 16.1 Å². The number of nitrogens with zero attached hydrogens (tertiary/aromatic N) is 5. The van der Waals surface area contributed by atoms with E-state index in [1.165, 1.54) is 11.7 Å². The van der Waals surface area contributed by atoms with E-state index in [1.807, 2.05) is 9.47 Å². The largest absolute Gasteiger partial charge is 0.468 e. The molecule has 3 rings (SSSR count). The van der Waals surface area contributed by atoms with Gasteiger partial charge in [-0.15, -0.1) is 0 Å². The molecule has 27 heavy (non-hydrogen) atoms. The van der Waals surface area contributed by atoms with Gasteiger partial charge in [-0.3, -0.25) is 24.0 Å². The van der Waals surface area contributed by atoms with Gasteiger partial charge < -0.3 is 14.2 Å². The summed E-state index contributed by atoms with van der Waals surface area (Å²) in [6.07, 6.45) is 1.89. The Hall–Kier alpha value is -2.62. The summed E-state index contributed by atoms with van der Waals surface area (Å²) < 4.78 is 8.01. The third-order valence-corrected chi connectivity index (χ3v) is 4.96. The van der Waals surface area contributed by atoms with E-state index in [2.05, 4.69) is 21.8 Å². The molecule has 0 amide bonds. The first-order valence-electron chi connectivity index (χ1n) is 9.20. The van der Waals surface area contributed by atoms with E-state index in [9.17, 15) is 14.4 Å². The van der Waals surface area contributed by atoms with E-state index in [0.717, 1.165) is 12.8 Å². The van der Waals surface area contributed by atoms with E-state index >= 15 is 0 Å². The summed E-state index contributed by atoms with van der Waals surface area (Å²) in [6.45, 7) is 5.76. The number of aromatic nitrogens is 4. The van der Waals surface area contributed by atoms with Crippen LogP contribution in [0, 0.1) is 0 Å². The maximum atomic E-state index is 12.4. The van der Waals surface area contributed by atoms with Crippen molar-refractivity contribution in [2.75, 3.05) is 44.7 Å². The number of aromatic amines is 1. The zero-order valence-corrected chi connectivity index (χ0v) is 16.0. The number of nitrogens with one attached hydrogen (secondary N) is 1. The summed E-state index contributed by atoms with van der Waals surface area (Å²) in [5.74, 6) is 0.447. The van der Waals surface area contributed by atoms with Crippen molar-refractivity contribution in [1.82, 2.24) is 24.0 Å². The van der Waals surface area contributed by atoms with Crippen LogP contribution in [0.5, 0.6) is 0 Å². The highest BCUT2D eigenvalue weighted by Crippen LogP contribution is 2.21. The van der Waals surface area contributed by atoms with Gasteiger partial charge in [0.25, 0.3) is 5.56 Å². The van der Waals surface area contributed by atoms with Crippen molar-refractivity contribution >= 4 is 23.1 Å². The highest BCUT2D eigenvalue weighted by molar-refractivity contribution is 5.74. The number of methoxy groups -OCH3 is 1. The topological polar surface area (TPSA) is 105 Å². The number of anilines is 1. The Kier molecular flexibility index (Phi) is 5.64. The van der Waals surface area contributed by atoms with Crippen molar-refractivity contribution in [2.24, 2.45) is 7.05 Å². The molecule has 1 N–H and O–H groups in total. The second kappa shape index (κ2) is 7.95. The number of carbonyl (C=O) groups excluding carboxylic acids is 1. The summed E-state index contributed by atoms with van der Waals surface area (Å²) >= 11 is 0. The van der Waals surface area contributed by atoms with Crippen LogP contribution >= 0.6 is 0 Å². The first-order valence-corrected chi connectivity index (χ1v) is 9.20. The number of rotatable bonds is 6. The van der Waals surface area contributed by atoms with Gasteiger partial charge in [-0.05, 0) is 6.42 Å². The number of fused-ring (bicyclic) bond motifs is 1. The smallest absolute Gasteiger partial charge is 0.329 e. The van der Waals surface area contributed by atoms with Crippen molar-refractivity contribution < 1.29 is 9.53 Å². The molecular weight excluding hydrogens is 352 g/mol. The number of hydrogen-bond acceptors (Lipinski definition) is 7. The zero-order chi connectivity index (χ0) is 19.6. The molecule has 1 saturated heterocycles. The number of carbonyl (C=O) groups is 1. The quantitative estimate of drug-likeness (QED) is 0.677. The van der Waals surface area contributed by atoms with Crippen LogP contribution in [0.25, 0.3) is 11.2 Å². The predicted molar refractivity (Wildman–Crippen MR) is 101 cm³/mol. The van der Waals surface area contributed by atoms with Crippen LogP contribution in [0.4, 0.5) is 5.95 Å². The summed E-state index contributed by atoms with van der Waals surface area (Å²) in [7, 11) is 2.99. The van der Waals surface area contributed by atoms with Gasteiger partial charge in [0.05, 0.1) is 13.7 Å². The van der Waals surface area contributed by atoms with Gasteiger partial charge in [-0.2, -0.15) is 4.98 Å². The number of esters is 1. The molecule has 1 aliphatic rings. The number of hydrogen-bond donors (Lipinski definition) is 1. The molecule has 0 radical (unpaired) electrons. The van der Waals surface area contributed by atoms with Crippen LogP contribution in [-0.4, -0.2) is 69.8 Å². The van der Waals surface area contributed by atoms with Gasteiger partial charge in [0.1, 0.15) is 0 Å². The third-order valence-electron chi connectivity index (χ3n) is 4.96. The van der Waals surface area contributed by atoms with Gasteiger partial charge in [0.2, 0.25) is 5.95 Å². The van der Waals surface area contributed by atoms with Crippen LogP contribution in [0.15, 0.2) is 9.59 Å². The van der Waals surface area contributed by atoms with E-state index < -0.39 is 11.2 Å². The van der Waals surface area contributed by atoms with Crippen molar-refractivity contribution in [2.45, 2.75) is 26.3 Å². The SMILES string of the molecule is CCCCn1c(N2CCN(CC(=O)OC)CC2)nc2c1c(=O)[nH]c(=O)n2C. The van der Waals surface area contributed by atoms with Gasteiger partial charge >= 0.3 is 11.7 Å². The molecule has 0 unspecified atom stereocenters. The average Bonchev–Trinajstić information content (AvgIpc) is 3.05. The number of imidazole rings is 1. The molecule has 2 aromatic heterocycles. The van der Waals surface area contributed by atoms with E-state index in [-0.39, 0.29) is 12.5 Å². The second-order valence-corrected chi connectivity index (χ2v) is 6.75. The lowest BCUT2D eigenvalue weighted by Crippen LogP contribution is -2.48. The van der Waals surface area contributed by atoms with Crippen LogP contribution in [0.2, 0.25) is 0 Å². The second-order valence-electron chi connectivity index (χ2n) is 6.75. The first-order chi connectivity index (χ1) is 13.0. The number of unbranched alkanes of at least 4 members (excludes halogenated alkanes) is 1. The predicted octanol–water partition coefficient (Wildman–Crippen LogP) is -0.482. The Morgan fingerprint density at radius 3 is 2.56 bits per heavy atom. The van der Waals surface area contributed by atoms with Crippen LogP contribution in [-0.2, 0) is 23.1 Å². The van der Waals surface area contributed by atoms with E-state index in [0.29, 0.717) is 49.8 Å². The molecule has 3 heterocycles. The molecule has 0 atom stereocenters. The standard InChI is InChI=1S/C17H26N6O4/c1-4-5-6-23-13-14(20(2)17(26)19-15(13)25)18-16(23)22-9-7-21(8-10-22)11-12(24)27-3/h4-11H2,1-3H3,(H,19,25,26). The minimum atomic E-state index is -0.470. The minimum absolute atomic E-state index is 0.250. The fourth-order valence-corrected chi connectivity index (χ4v) is 3.35. The highest BCUT2D eigenvalue weighted by Gasteiger charge is 2.25. The molecule has 0 bridgehead atoms. The number of H-pyrrole nitrogens is 1. The number of ether oxygens (including phenoxy) is 1. The summed E-state index contributed by atoms with van der Waals surface area (Å²) in [6, 6.07) is 0. The molecule has 10 nitrogen and oxygen atoms in total. The lowest BCUT2D eigenvalue weighted by Gasteiger charge is -2.34. The Balaban J connectivity index is 1.93. The Morgan fingerprint density at radius 1 is 1.22 bits per heavy atom. The molecular formula is C17H26N6O4. The van der Waals surface area contributed by atoms with Gasteiger partial charge in [-0.25, -0.2) is 4.79 Å². The number of aryl methyl sites for hydroxylation is 2. The van der Waals surface area contributed by atoms with E-state index in [1.54, 1.807) is 7.05 Å². The molecule has 1 fully saturated rings. The zero-order valence-electron chi connectivity index (χ0n) is 16.0. The van der Waals surface area contributed by atoms with Gasteiger partial charge in [-0.1, -0.05) is 13.3 Å².